The zero-order valence-corrected chi connectivity index (χ0v) is 11.4. The lowest BCUT2D eigenvalue weighted by Gasteiger charge is -2.07. The summed E-state index contributed by atoms with van der Waals surface area (Å²) in [5, 5.41) is 10.8. The lowest BCUT2D eigenvalue weighted by molar-refractivity contribution is 0.139. The molecule has 0 unspecified atom stereocenters. The first-order valence-electron chi connectivity index (χ1n) is 6.92. The third kappa shape index (κ3) is 2.31. The zero-order valence-electron chi connectivity index (χ0n) is 11.4. The maximum Gasteiger partial charge on any atom is 0.406 e. The highest BCUT2D eigenvalue weighted by Gasteiger charge is 2.50. The highest BCUT2D eigenvalue weighted by atomic mass is 16.5. The second-order valence-electron chi connectivity index (χ2n) is 5.52. The summed E-state index contributed by atoms with van der Waals surface area (Å²) in [4.78, 5) is 11.1. The normalized spacial score (nSPS) is 28.6. The van der Waals surface area contributed by atoms with Crippen molar-refractivity contribution in [1.82, 2.24) is 20.3 Å². The molecule has 0 bridgehead atoms. The average molecular weight is 264 g/mol. The van der Waals surface area contributed by atoms with Crippen molar-refractivity contribution in [2.24, 2.45) is 24.8 Å². The minimum atomic E-state index is -0.326. The lowest BCUT2D eigenvalue weighted by Crippen LogP contribution is -2.20. The number of fused-ring (bicyclic) bond motifs is 2. The molecule has 1 heterocycles. The third-order valence-corrected chi connectivity index (χ3v) is 4.57. The van der Waals surface area contributed by atoms with Crippen LogP contribution in [0.3, 0.4) is 0 Å². The van der Waals surface area contributed by atoms with Crippen LogP contribution in [-0.4, -0.2) is 34.7 Å². The Bertz CT molecular complexity index is 485. The van der Waals surface area contributed by atoms with Gasteiger partial charge < -0.3 is 10.1 Å². The van der Waals surface area contributed by atoms with Crippen molar-refractivity contribution < 1.29 is 9.53 Å². The van der Waals surface area contributed by atoms with E-state index < -0.39 is 0 Å². The van der Waals surface area contributed by atoms with E-state index >= 15 is 0 Å². The number of ether oxygens (including phenoxy) is 1. The maximum atomic E-state index is 11.1. The summed E-state index contributed by atoms with van der Waals surface area (Å²) >= 11 is 0. The molecule has 6 nitrogen and oxygen atoms in total. The molecule has 1 saturated carbocycles. The maximum absolute atomic E-state index is 11.1. The molecule has 1 aromatic rings. The minimum absolute atomic E-state index is 0.326. The van der Waals surface area contributed by atoms with Crippen LogP contribution in [0.2, 0.25) is 0 Å². The first-order valence-corrected chi connectivity index (χ1v) is 6.92. The van der Waals surface area contributed by atoms with Gasteiger partial charge in [-0.25, -0.2) is 4.79 Å². The van der Waals surface area contributed by atoms with E-state index in [9.17, 15) is 4.79 Å². The molecule has 1 fully saturated rings. The van der Waals surface area contributed by atoms with Crippen molar-refractivity contribution >= 4 is 6.09 Å². The Hall–Kier alpha value is -1.59. The Labute approximate surface area is 112 Å². The number of carbonyl (C=O) groups excluding carboxylic acids is 1. The zero-order chi connectivity index (χ0) is 13.4. The summed E-state index contributed by atoms with van der Waals surface area (Å²) in [5.41, 5.74) is 2.43. The van der Waals surface area contributed by atoms with Crippen molar-refractivity contribution in [2.45, 2.75) is 25.7 Å². The first-order chi connectivity index (χ1) is 9.20. The SMILES string of the molecule is CNC(=O)OC[C@@H]1[C@@H]2CCc3nnn(C)c3CC[C@@H]21. The second-order valence-corrected chi connectivity index (χ2v) is 5.52. The molecule has 3 atom stereocenters. The largest absolute Gasteiger partial charge is 0.449 e. The van der Waals surface area contributed by atoms with E-state index in [1.807, 2.05) is 11.7 Å². The number of rotatable bonds is 2. The topological polar surface area (TPSA) is 69.0 Å². The van der Waals surface area contributed by atoms with Gasteiger partial charge >= 0.3 is 6.09 Å². The molecule has 0 saturated heterocycles. The van der Waals surface area contributed by atoms with Gasteiger partial charge in [-0.2, -0.15) is 0 Å². The van der Waals surface area contributed by atoms with E-state index in [4.69, 9.17) is 4.74 Å². The van der Waals surface area contributed by atoms with Gasteiger partial charge in [0.05, 0.1) is 18.0 Å². The summed E-state index contributed by atoms with van der Waals surface area (Å²) in [6, 6.07) is 0. The van der Waals surface area contributed by atoms with Crippen LogP contribution in [0.1, 0.15) is 24.2 Å². The smallest absolute Gasteiger partial charge is 0.406 e. The second kappa shape index (κ2) is 4.83. The molecule has 19 heavy (non-hydrogen) atoms. The number of nitrogens with one attached hydrogen (secondary N) is 1. The van der Waals surface area contributed by atoms with Gasteiger partial charge in [0.15, 0.2) is 0 Å². The van der Waals surface area contributed by atoms with Gasteiger partial charge in [0.2, 0.25) is 0 Å². The molecular formula is C13H20N4O2. The Morgan fingerprint density at radius 3 is 2.89 bits per heavy atom. The summed E-state index contributed by atoms with van der Waals surface area (Å²) in [6.45, 7) is 0.553. The summed E-state index contributed by atoms with van der Waals surface area (Å²) in [7, 11) is 3.55. The van der Waals surface area contributed by atoms with Crippen LogP contribution >= 0.6 is 0 Å². The Morgan fingerprint density at radius 1 is 1.42 bits per heavy atom. The van der Waals surface area contributed by atoms with Crippen LogP contribution in [0.15, 0.2) is 0 Å². The average Bonchev–Trinajstić information content (AvgIpc) is 2.93. The number of alkyl carbamates (subject to hydrolysis) is 1. The monoisotopic (exact) mass is 264 g/mol. The standard InChI is InChI=1S/C13H20N4O2/c1-14-13(18)19-7-10-8-3-5-11-12(6-4-9(8)10)17(2)16-15-11/h8-10H,3-7H2,1-2H3,(H,14,18)/t8-,9+,10-/m1/s1. The van der Waals surface area contributed by atoms with Gasteiger partial charge in [0, 0.05) is 14.1 Å². The number of amides is 1. The molecule has 0 spiro atoms. The Balaban J connectivity index is 1.59. The van der Waals surface area contributed by atoms with E-state index in [-0.39, 0.29) is 6.09 Å². The van der Waals surface area contributed by atoms with Crippen LogP contribution in [0.5, 0.6) is 0 Å². The molecule has 6 heteroatoms. The molecule has 0 radical (unpaired) electrons. The van der Waals surface area contributed by atoms with Crippen molar-refractivity contribution in [3.05, 3.63) is 11.4 Å². The van der Waals surface area contributed by atoms with Crippen molar-refractivity contribution in [3.63, 3.8) is 0 Å². The molecule has 0 aliphatic heterocycles. The molecule has 104 valence electrons. The number of aromatic nitrogens is 3. The predicted molar refractivity (Wildman–Crippen MR) is 68.5 cm³/mol. The van der Waals surface area contributed by atoms with Crippen LogP contribution in [-0.2, 0) is 24.6 Å². The van der Waals surface area contributed by atoms with E-state index in [0.717, 1.165) is 31.4 Å². The molecule has 2 aliphatic rings. The predicted octanol–water partition coefficient (Wildman–Crippen LogP) is 0.912. The minimum Gasteiger partial charge on any atom is -0.449 e. The van der Waals surface area contributed by atoms with Crippen molar-refractivity contribution in [1.29, 1.82) is 0 Å². The molecule has 3 rings (SSSR count). The van der Waals surface area contributed by atoms with Gasteiger partial charge in [-0.05, 0) is 43.4 Å². The van der Waals surface area contributed by atoms with E-state index in [0.29, 0.717) is 24.4 Å². The molecule has 1 aromatic heterocycles. The van der Waals surface area contributed by atoms with Crippen LogP contribution in [0.4, 0.5) is 4.79 Å². The third-order valence-electron chi connectivity index (χ3n) is 4.57. The van der Waals surface area contributed by atoms with Crippen molar-refractivity contribution in [3.8, 4) is 0 Å². The number of carbonyl (C=O) groups is 1. The van der Waals surface area contributed by atoms with Gasteiger partial charge in [-0.1, -0.05) is 5.21 Å². The lowest BCUT2D eigenvalue weighted by atomic mass is 10.0. The van der Waals surface area contributed by atoms with Gasteiger partial charge in [-0.15, -0.1) is 5.10 Å². The van der Waals surface area contributed by atoms with Crippen LogP contribution in [0, 0.1) is 17.8 Å². The van der Waals surface area contributed by atoms with Gasteiger partial charge in [0.1, 0.15) is 0 Å². The molecule has 1 N–H and O–H groups in total. The highest BCUT2D eigenvalue weighted by Crippen LogP contribution is 2.52. The van der Waals surface area contributed by atoms with Crippen molar-refractivity contribution in [2.75, 3.05) is 13.7 Å². The van der Waals surface area contributed by atoms with E-state index in [2.05, 4.69) is 15.6 Å². The quantitative estimate of drug-likeness (QED) is 0.862. The summed E-state index contributed by atoms with van der Waals surface area (Å²) in [6.07, 6.45) is 4.00. The fraction of sp³-hybridized carbons (Fsp3) is 0.769. The molecule has 1 amide bonds. The number of aryl methyl sites for hydroxylation is 2. The molecule has 2 aliphatic carbocycles. The summed E-state index contributed by atoms with van der Waals surface area (Å²) < 4.78 is 7.08. The first kappa shape index (κ1) is 12.4. The summed E-state index contributed by atoms with van der Waals surface area (Å²) in [5.74, 6) is 1.94. The van der Waals surface area contributed by atoms with E-state index in [1.165, 1.54) is 5.69 Å². The fourth-order valence-electron chi connectivity index (χ4n) is 3.40. The van der Waals surface area contributed by atoms with Crippen LogP contribution < -0.4 is 5.32 Å². The fourth-order valence-corrected chi connectivity index (χ4v) is 3.40. The molecule has 0 aromatic carbocycles. The van der Waals surface area contributed by atoms with Gasteiger partial charge in [-0.3, -0.25) is 4.68 Å². The van der Waals surface area contributed by atoms with Crippen LogP contribution in [0.25, 0.3) is 0 Å². The number of nitrogens with zero attached hydrogens (tertiary/aromatic N) is 3. The molecular weight excluding hydrogens is 244 g/mol. The highest BCUT2D eigenvalue weighted by molar-refractivity contribution is 5.66. The number of hydrogen-bond acceptors (Lipinski definition) is 4. The van der Waals surface area contributed by atoms with Gasteiger partial charge in [0.25, 0.3) is 0 Å². The number of hydrogen-bond donors (Lipinski definition) is 1. The Morgan fingerprint density at radius 2 is 2.16 bits per heavy atom. The Kier molecular flexibility index (Phi) is 3.16. The van der Waals surface area contributed by atoms with E-state index in [1.54, 1.807) is 7.05 Å².